The van der Waals surface area contributed by atoms with Crippen molar-refractivity contribution in [3.05, 3.63) is 77.7 Å². The molecule has 12 nitrogen and oxygen atoms in total. The number of aromatic amines is 1. The number of nitrogens with zero attached hydrogens (tertiary/aromatic N) is 3. The second-order valence-electron chi connectivity index (χ2n) is 14.8. The summed E-state index contributed by atoms with van der Waals surface area (Å²) in [6, 6.07) is 12.5. The van der Waals surface area contributed by atoms with Crippen LogP contribution in [0.1, 0.15) is 75.1 Å². The van der Waals surface area contributed by atoms with Gasteiger partial charge < -0.3 is 21.1 Å². The highest BCUT2D eigenvalue weighted by Gasteiger charge is 2.38. The van der Waals surface area contributed by atoms with E-state index in [-0.39, 0.29) is 29.9 Å². The molecule has 54 heavy (non-hydrogen) atoms. The van der Waals surface area contributed by atoms with Crippen molar-refractivity contribution in [1.29, 1.82) is 0 Å². The van der Waals surface area contributed by atoms with Crippen LogP contribution in [0.4, 0.5) is 23.7 Å². The Kier molecular flexibility index (Phi) is 12.0. The third-order valence-corrected chi connectivity index (χ3v) is 9.56. The number of nitrogens with two attached hydrogens (primary N) is 1. The van der Waals surface area contributed by atoms with Crippen molar-refractivity contribution in [3.8, 4) is 11.1 Å². The van der Waals surface area contributed by atoms with Gasteiger partial charge in [0.05, 0.1) is 11.7 Å². The van der Waals surface area contributed by atoms with Crippen LogP contribution in [0.5, 0.6) is 0 Å². The maximum atomic E-state index is 14.4. The normalized spacial score (nSPS) is 17.3. The molecule has 2 heterocycles. The van der Waals surface area contributed by atoms with Crippen LogP contribution in [0.15, 0.2) is 60.8 Å². The fraction of sp³-hybridized carbons (Fsp3) is 0.436. The summed E-state index contributed by atoms with van der Waals surface area (Å²) in [7, 11) is 0. The number of carbonyl (C=O) groups excluding carboxylic acids is 4. The first kappa shape index (κ1) is 39.7. The van der Waals surface area contributed by atoms with Gasteiger partial charge in [0.25, 0.3) is 5.91 Å². The monoisotopic (exact) mass is 749 g/mol. The van der Waals surface area contributed by atoms with Gasteiger partial charge in [-0.25, -0.2) is 9.78 Å². The van der Waals surface area contributed by atoms with E-state index in [0.29, 0.717) is 54.7 Å². The minimum absolute atomic E-state index is 0.116. The van der Waals surface area contributed by atoms with Crippen molar-refractivity contribution < 1.29 is 37.1 Å². The summed E-state index contributed by atoms with van der Waals surface area (Å²) in [4.78, 5) is 57.9. The van der Waals surface area contributed by atoms with Gasteiger partial charge in [-0.3, -0.25) is 24.4 Å². The molecule has 1 fully saturated rings. The van der Waals surface area contributed by atoms with Crippen molar-refractivity contribution in [2.24, 2.45) is 17.6 Å². The minimum Gasteiger partial charge on any atom is -0.444 e. The molecular weight excluding hydrogens is 703 g/mol. The Morgan fingerprint density at radius 1 is 1.00 bits per heavy atom. The number of benzene rings is 2. The number of aromatic nitrogens is 3. The zero-order chi connectivity index (χ0) is 39.4. The molecule has 2 aromatic carbocycles. The highest BCUT2D eigenvalue weighted by Crippen LogP contribution is 2.34. The Labute approximate surface area is 311 Å². The first-order valence-corrected chi connectivity index (χ1v) is 17.9. The zero-order valence-electron chi connectivity index (χ0n) is 30.9. The smallest absolute Gasteiger partial charge is 0.408 e. The Bertz CT molecular complexity index is 1980. The van der Waals surface area contributed by atoms with Crippen LogP contribution in [0.2, 0.25) is 0 Å². The number of fused-ring (bicyclic) bond motifs is 1. The molecule has 1 aliphatic rings. The highest BCUT2D eigenvalue weighted by molar-refractivity contribution is 6.03. The third-order valence-electron chi connectivity index (χ3n) is 9.56. The molecule has 1 unspecified atom stereocenters. The number of ether oxygens (including phenoxy) is 1. The van der Waals surface area contributed by atoms with E-state index in [9.17, 15) is 32.3 Å². The van der Waals surface area contributed by atoms with Crippen LogP contribution >= 0.6 is 0 Å². The molecular formula is C39H46F3N7O5. The van der Waals surface area contributed by atoms with E-state index in [1.54, 1.807) is 76.4 Å². The number of alkyl halides is 3. The van der Waals surface area contributed by atoms with Crippen molar-refractivity contribution in [2.75, 3.05) is 11.4 Å². The van der Waals surface area contributed by atoms with Gasteiger partial charge in [0.2, 0.25) is 11.8 Å². The van der Waals surface area contributed by atoms with E-state index in [4.69, 9.17) is 10.5 Å². The number of aryl methyl sites for hydroxylation is 1. The van der Waals surface area contributed by atoms with Crippen molar-refractivity contribution in [3.63, 3.8) is 0 Å². The van der Waals surface area contributed by atoms with Gasteiger partial charge in [0.15, 0.2) is 0 Å². The Balaban J connectivity index is 1.32. The number of nitrogens with one attached hydrogen (secondary N) is 3. The van der Waals surface area contributed by atoms with E-state index in [2.05, 4.69) is 20.5 Å². The van der Waals surface area contributed by atoms with Crippen LogP contribution in [0, 0.1) is 18.8 Å². The van der Waals surface area contributed by atoms with E-state index >= 15 is 0 Å². The molecule has 2 aromatic heterocycles. The number of rotatable bonds is 11. The number of alkyl carbamates (subject to hydrolysis) is 1. The number of carbonyl (C=O) groups is 4. The summed E-state index contributed by atoms with van der Waals surface area (Å²) in [5.74, 6) is -2.03. The molecule has 0 saturated heterocycles. The predicted molar refractivity (Wildman–Crippen MR) is 197 cm³/mol. The van der Waals surface area contributed by atoms with E-state index in [1.807, 2.05) is 11.4 Å². The second kappa shape index (κ2) is 16.3. The standard InChI is InChI=1S/C39H46F3N7O5/c1-22-30(16-17-31(46-22)35(51)47-23(2)39(40,41)42)26-10-6-24(7-11-26)18-33(34(43)50)49(29-15-14-28-21-45-48-32(28)19-29)36(52)27-12-8-25(9-13-27)20-44-37(53)54-38(3,4)5/h6-7,10-11,14-17,19,21,23,25,27,33H,8-9,12-13,18,20H2,1-5H3,(H2,43,50)(H,44,53)(H,45,48)(H,47,51)/t23?,25-,27-,33-/m0/s1. The summed E-state index contributed by atoms with van der Waals surface area (Å²) in [5.41, 5.74) is 9.04. The number of primary amides is 1. The second-order valence-corrected chi connectivity index (χ2v) is 14.8. The van der Waals surface area contributed by atoms with Gasteiger partial charge in [-0.2, -0.15) is 18.3 Å². The van der Waals surface area contributed by atoms with Crippen molar-refractivity contribution in [2.45, 2.75) is 90.6 Å². The summed E-state index contributed by atoms with van der Waals surface area (Å²) in [6.45, 7) is 8.35. The number of pyridine rings is 1. The Morgan fingerprint density at radius 2 is 1.69 bits per heavy atom. The molecule has 2 atom stereocenters. The first-order valence-electron chi connectivity index (χ1n) is 17.9. The SMILES string of the molecule is Cc1nc(C(=O)NC(C)C(F)(F)F)ccc1-c1ccc(C[C@@H](C(N)=O)N(c2ccc3cn[nH]c3c2)C(=O)[C@H]2CC[C@H](CNC(=O)OC(C)(C)C)CC2)cc1. The lowest BCUT2D eigenvalue weighted by molar-refractivity contribution is -0.149. The summed E-state index contributed by atoms with van der Waals surface area (Å²) < 4.78 is 44.2. The number of H-pyrrole nitrogens is 1. The highest BCUT2D eigenvalue weighted by atomic mass is 19.4. The average molecular weight is 750 g/mol. The van der Waals surface area contributed by atoms with Gasteiger partial charge in [0.1, 0.15) is 23.4 Å². The van der Waals surface area contributed by atoms with Crippen LogP contribution in [-0.4, -0.2) is 69.4 Å². The van der Waals surface area contributed by atoms with E-state index in [0.717, 1.165) is 23.4 Å². The summed E-state index contributed by atoms with van der Waals surface area (Å²) in [5, 5.41) is 12.6. The van der Waals surface area contributed by atoms with Gasteiger partial charge in [-0.1, -0.05) is 30.3 Å². The largest absolute Gasteiger partial charge is 0.444 e. The van der Waals surface area contributed by atoms with Crippen molar-refractivity contribution in [1.82, 2.24) is 25.8 Å². The first-order chi connectivity index (χ1) is 25.4. The maximum absolute atomic E-state index is 14.4. The van der Waals surface area contributed by atoms with Gasteiger partial charge >= 0.3 is 12.3 Å². The fourth-order valence-corrected chi connectivity index (χ4v) is 6.60. The van der Waals surface area contributed by atoms with E-state index in [1.165, 1.54) is 11.0 Å². The summed E-state index contributed by atoms with van der Waals surface area (Å²) >= 11 is 0. The molecule has 0 radical (unpaired) electrons. The van der Waals surface area contributed by atoms with Crippen LogP contribution in [0.3, 0.4) is 0 Å². The fourth-order valence-electron chi connectivity index (χ4n) is 6.60. The summed E-state index contributed by atoms with van der Waals surface area (Å²) in [6.07, 6.45) is -0.741. The lowest BCUT2D eigenvalue weighted by Gasteiger charge is -2.36. The molecule has 5 rings (SSSR count). The number of amides is 4. The third kappa shape index (κ3) is 9.94. The van der Waals surface area contributed by atoms with Crippen LogP contribution in [-0.2, 0) is 20.7 Å². The Hall–Kier alpha value is -5.47. The molecule has 0 spiro atoms. The molecule has 4 aromatic rings. The van der Waals surface area contributed by atoms with Crippen LogP contribution in [0.25, 0.3) is 22.0 Å². The quantitative estimate of drug-likeness (QED) is 0.138. The maximum Gasteiger partial charge on any atom is 0.408 e. The predicted octanol–water partition coefficient (Wildman–Crippen LogP) is 6.37. The number of anilines is 1. The minimum atomic E-state index is -4.58. The molecule has 15 heteroatoms. The number of hydrogen-bond acceptors (Lipinski definition) is 7. The molecule has 1 saturated carbocycles. The molecule has 288 valence electrons. The zero-order valence-corrected chi connectivity index (χ0v) is 30.9. The van der Waals surface area contributed by atoms with Gasteiger partial charge in [-0.05, 0) is 102 Å². The van der Waals surface area contributed by atoms with Gasteiger partial charge in [-0.15, -0.1) is 0 Å². The molecule has 4 amide bonds. The molecule has 0 aliphatic heterocycles. The lowest BCUT2D eigenvalue weighted by Crippen LogP contribution is -2.52. The lowest BCUT2D eigenvalue weighted by atomic mass is 9.81. The molecule has 0 bridgehead atoms. The number of hydrogen-bond donors (Lipinski definition) is 4. The van der Waals surface area contributed by atoms with Crippen LogP contribution < -0.4 is 21.3 Å². The average Bonchev–Trinajstić information content (AvgIpc) is 3.58. The van der Waals surface area contributed by atoms with Gasteiger partial charge in [0, 0.05) is 41.2 Å². The molecule has 5 N–H and O–H groups in total. The Morgan fingerprint density at radius 3 is 2.30 bits per heavy atom. The van der Waals surface area contributed by atoms with Crippen molar-refractivity contribution >= 4 is 40.4 Å². The topological polar surface area (TPSA) is 172 Å². The van der Waals surface area contributed by atoms with E-state index < -0.39 is 41.8 Å². The molecule has 1 aliphatic carbocycles. The number of halogens is 3.